The van der Waals surface area contributed by atoms with E-state index in [1.54, 1.807) is 0 Å². The van der Waals surface area contributed by atoms with E-state index in [2.05, 4.69) is 55.4 Å². The zero-order chi connectivity index (χ0) is 73.8. The third-order valence-corrected chi connectivity index (χ3v) is 20.7. The fraction of sp³-hybridized carbons (Fsp3) is 0.951. The van der Waals surface area contributed by atoms with Crippen molar-refractivity contribution in [3.63, 3.8) is 0 Å². The highest BCUT2D eigenvalue weighted by molar-refractivity contribution is 7.47. The van der Waals surface area contributed by atoms with Crippen molar-refractivity contribution in [1.82, 2.24) is 0 Å². The van der Waals surface area contributed by atoms with Crippen LogP contribution in [0.1, 0.15) is 415 Å². The minimum Gasteiger partial charge on any atom is -0.462 e. The molecule has 0 amide bonds. The molecule has 3 N–H and O–H groups in total. The molecule has 0 saturated heterocycles. The summed E-state index contributed by atoms with van der Waals surface area (Å²) in [5.74, 6) is 0.930. The van der Waals surface area contributed by atoms with Crippen molar-refractivity contribution in [3.8, 4) is 0 Å². The summed E-state index contributed by atoms with van der Waals surface area (Å²) >= 11 is 0. The van der Waals surface area contributed by atoms with Gasteiger partial charge in [-0.05, 0) is 49.4 Å². The predicted octanol–water partition coefficient (Wildman–Crippen LogP) is 24.0. The van der Waals surface area contributed by atoms with Crippen LogP contribution in [0.2, 0.25) is 0 Å². The summed E-state index contributed by atoms with van der Waals surface area (Å²) in [5.41, 5.74) is 0. The number of phosphoric ester groups is 2. The number of unbranched alkanes of at least 4 members (excludes halogenated alkanes) is 44. The van der Waals surface area contributed by atoms with Crippen LogP contribution in [-0.4, -0.2) is 96.7 Å². The molecule has 0 radical (unpaired) electrons. The van der Waals surface area contributed by atoms with E-state index in [-0.39, 0.29) is 25.7 Å². The largest absolute Gasteiger partial charge is 0.472 e. The second-order valence-electron chi connectivity index (χ2n) is 31.1. The molecule has 594 valence electrons. The Labute approximate surface area is 613 Å². The van der Waals surface area contributed by atoms with Crippen LogP contribution in [0, 0.1) is 23.7 Å². The van der Waals surface area contributed by atoms with Crippen LogP contribution in [-0.2, 0) is 65.4 Å². The number of esters is 4. The molecular formula is C81H158O17P2. The Bertz CT molecular complexity index is 1950. The number of rotatable bonds is 78. The maximum Gasteiger partial charge on any atom is 0.472 e. The van der Waals surface area contributed by atoms with Crippen molar-refractivity contribution in [3.05, 3.63) is 0 Å². The number of carbonyl (C=O) groups is 4. The molecule has 0 aromatic carbocycles. The maximum absolute atomic E-state index is 13.1. The second kappa shape index (κ2) is 70.1. The topological polar surface area (TPSA) is 237 Å². The van der Waals surface area contributed by atoms with E-state index in [1.807, 2.05) is 0 Å². The summed E-state index contributed by atoms with van der Waals surface area (Å²) in [6, 6.07) is 0. The zero-order valence-corrected chi connectivity index (χ0v) is 67.6. The Morgan fingerprint density at radius 3 is 0.620 bits per heavy atom. The molecule has 5 atom stereocenters. The standard InChI is InChI=1S/C81H158O17P2/c1-71(2)57-49-41-33-26-22-18-14-11-9-10-12-16-20-24-28-37-45-53-61-78(83)91-67-76(97-80(85)63-55-47-39-29-25-21-17-13-15-19-23-27-34-42-50-58-72(3)4)69-95-99(87,88)93-65-75(82)66-94-100(89,90)96-70-77(98-81(86)64-56-48-40-32-36-44-52-60-74(7)8)68-92-79(84)62-54-46-38-31-30-35-43-51-59-73(5)6/h71-77,82H,9-70H2,1-8H3,(H,87,88)(H,89,90)/t75?,76-,77-/m1/s1. The van der Waals surface area contributed by atoms with Crippen LogP contribution >= 0.6 is 15.6 Å². The lowest BCUT2D eigenvalue weighted by molar-refractivity contribution is -0.161. The predicted molar refractivity (Wildman–Crippen MR) is 409 cm³/mol. The van der Waals surface area contributed by atoms with Crippen molar-refractivity contribution in [2.75, 3.05) is 39.6 Å². The molecule has 0 saturated carbocycles. The van der Waals surface area contributed by atoms with Gasteiger partial charge < -0.3 is 33.8 Å². The van der Waals surface area contributed by atoms with E-state index in [0.717, 1.165) is 108 Å². The Kier molecular flexibility index (Phi) is 68.7. The lowest BCUT2D eigenvalue weighted by atomic mass is 10.0. The van der Waals surface area contributed by atoms with E-state index in [1.165, 1.54) is 218 Å². The Hall–Kier alpha value is -1.94. The van der Waals surface area contributed by atoms with Gasteiger partial charge in [0.25, 0.3) is 0 Å². The molecule has 0 rings (SSSR count). The molecule has 0 bridgehead atoms. The minimum atomic E-state index is -4.96. The summed E-state index contributed by atoms with van der Waals surface area (Å²) in [7, 11) is -9.92. The van der Waals surface area contributed by atoms with Gasteiger partial charge in [0.05, 0.1) is 26.4 Å². The van der Waals surface area contributed by atoms with E-state index in [0.29, 0.717) is 31.6 Å². The van der Waals surface area contributed by atoms with E-state index < -0.39 is 97.5 Å². The molecule has 19 heteroatoms. The molecule has 0 aliphatic rings. The van der Waals surface area contributed by atoms with Gasteiger partial charge in [0, 0.05) is 25.7 Å². The van der Waals surface area contributed by atoms with Crippen molar-refractivity contribution in [2.45, 2.75) is 433 Å². The molecule has 0 aromatic rings. The number of aliphatic hydroxyl groups excluding tert-OH is 1. The highest BCUT2D eigenvalue weighted by Gasteiger charge is 2.30. The third kappa shape index (κ3) is 74.3. The smallest absolute Gasteiger partial charge is 0.462 e. The molecule has 0 aliphatic carbocycles. The Balaban J connectivity index is 5.20. The molecule has 17 nitrogen and oxygen atoms in total. The number of ether oxygens (including phenoxy) is 4. The van der Waals surface area contributed by atoms with Gasteiger partial charge in [-0.2, -0.15) is 0 Å². The normalized spacial score (nSPS) is 14.0. The van der Waals surface area contributed by atoms with Gasteiger partial charge >= 0.3 is 39.5 Å². The highest BCUT2D eigenvalue weighted by atomic mass is 31.2. The fourth-order valence-corrected chi connectivity index (χ4v) is 14.0. The van der Waals surface area contributed by atoms with Gasteiger partial charge in [-0.25, -0.2) is 9.13 Å². The first-order valence-electron chi connectivity index (χ1n) is 41.7. The number of hydrogen-bond acceptors (Lipinski definition) is 15. The lowest BCUT2D eigenvalue weighted by Gasteiger charge is -2.21. The van der Waals surface area contributed by atoms with Crippen LogP contribution < -0.4 is 0 Å². The number of hydrogen-bond donors (Lipinski definition) is 3. The summed E-state index contributed by atoms with van der Waals surface area (Å²) in [4.78, 5) is 72.9. The lowest BCUT2D eigenvalue weighted by Crippen LogP contribution is -2.30. The van der Waals surface area contributed by atoms with Gasteiger partial charge in [0.2, 0.25) is 0 Å². The van der Waals surface area contributed by atoms with Gasteiger partial charge in [-0.15, -0.1) is 0 Å². The van der Waals surface area contributed by atoms with Crippen molar-refractivity contribution < 1.29 is 80.2 Å². The van der Waals surface area contributed by atoms with E-state index in [4.69, 9.17) is 37.0 Å². The Morgan fingerprint density at radius 1 is 0.250 bits per heavy atom. The van der Waals surface area contributed by atoms with Crippen molar-refractivity contribution in [1.29, 1.82) is 0 Å². The molecular weight excluding hydrogens is 1310 g/mol. The molecule has 0 heterocycles. The van der Waals surface area contributed by atoms with Gasteiger partial charge in [-0.3, -0.25) is 37.3 Å². The molecule has 0 aliphatic heterocycles. The fourth-order valence-electron chi connectivity index (χ4n) is 12.4. The third-order valence-electron chi connectivity index (χ3n) is 18.8. The first kappa shape index (κ1) is 98.1. The average Bonchev–Trinajstić information content (AvgIpc) is 0.951. The summed E-state index contributed by atoms with van der Waals surface area (Å²) in [6.07, 6.45) is 57.2. The highest BCUT2D eigenvalue weighted by Crippen LogP contribution is 2.45. The molecule has 0 aromatic heterocycles. The SMILES string of the molecule is CC(C)CCCCCCCCCCCCCCCCCCCCC(=O)OC[C@H](COP(=O)(O)OCC(O)COP(=O)(O)OC[C@@H](COC(=O)CCCCCCCCCCC(C)C)OC(=O)CCCCCCCCCC(C)C)OC(=O)CCCCCCCCCCCCCCCCCC(C)C. The van der Waals surface area contributed by atoms with Crippen LogP contribution in [0.4, 0.5) is 0 Å². The summed E-state index contributed by atoms with van der Waals surface area (Å²) in [5, 5.41) is 10.6. The first-order chi connectivity index (χ1) is 48.1. The average molecular weight is 1470 g/mol. The van der Waals surface area contributed by atoms with Gasteiger partial charge in [-0.1, -0.05) is 364 Å². The maximum atomic E-state index is 13.1. The van der Waals surface area contributed by atoms with Gasteiger partial charge in [0.15, 0.2) is 12.2 Å². The van der Waals surface area contributed by atoms with Crippen LogP contribution in [0.25, 0.3) is 0 Å². The minimum absolute atomic E-state index is 0.103. The zero-order valence-electron chi connectivity index (χ0n) is 65.8. The molecule has 0 spiro atoms. The molecule has 3 unspecified atom stereocenters. The molecule has 100 heavy (non-hydrogen) atoms. The van der Waals surface area contributed by atoms with Crippen LogP contribution in [0.15, 0.2) is 0 Å². The number of aliphatic hydroxyl groups is 1. The summed E-state index contributed by atoms with van der Waals surface area (Å²) < 4.78 is 68.6. The van der Waals surface area contributed by atoms with Crippen molar-refractivity contribution in [2.24, 2.45) is 23.7 Å². The number of phosphoric acid groups is 2. The molecule has 0 fully saturated rings. The van der Waals surface area contributed by atoms with E-state index >= 15 is 0 Å². The number of carbonyl (C=O) groups excluding carboxylic acids is 4. The summed E-state index contributed by atoms with van der Waals surface area (Å²) in [6.45, 7) is 14.2. The Morgan fingerprint density at radius 2 is 0.420 bits per heavy atom. The van der Waals surface area contributed by atoms with Crippen LogP contribution in [0.3, 0.4) is 0 Å². The van der Waals surface area contributed by atoms with E-state index in [9.17, 15) is 43.2 Å². The first-order valence-corrected chi connectivity index (χ1v) is 44.7. The second-order valence-corrected chi connectivity index (χ2v) is 34.0. The monoisotopic (exact) mass is 1470 g/mol. The van der Waals surface area contributed by atoms with Gasteiger partial charge in [0.1, 0.15) is 19.3 Å². The quantitative estimate of drug-likeness (QED) is 0.0222. The van der Waals surface area contributed by atoms with Crippen molar-refractivity contribution >= 4 is 39.5 Å². The van der Waals surface area contributed by atoms with Crippen LogP contribution in [0.5, 0.6) is 0 Å².